The van der Waals surface area contributed by atoms with Gasteiger partial charge in [-0.05, 0) is 19.3 Å². The third kappa shape index (κ3) is 3.66. The van der Waals surface area contributed by atoms with Gasteiger partial charge in [-0.15, -0.1) is 0 Å². The van der Waals surface area contributed by atoms with Crippen LogP contribution in [0, 0.1) is 0 Å². The maximum Gasteiger partial charge on any atom is 0.358 e. The van der Waals surface area contributed by atoms with Crippen LogP contribution in [0.25, 0.3) is 0 Å². The summed E-state index contributed by atoms with van der Waals surface area (Å²) in [7, 11) is 1.28. The summed E-state index contributed by atoms with van der Waals surface area (Å²) >= 11 is 0. The molecule has 0 atom stereocenters. The number of ether oxygens (including phenoxy) is 1. The number of carbonyl (C=O) groups is 2. The number of likely N-dealkylation sites (tertiary alicyclic amines) is 1. The summed E-state index contributed by atoms with van der Waals surface area (Å²) < 4.78 is 4.57. The average Bonchev–Trinajstić information content (AvgIpc) is 2.53. The number of rotatable bonds is 4. The summed E-state index contributed by atoms with van der Waals surface area (Å²) in [5.41, 5.74) is 0.114. The Kier molecular flexibility index (Phi) is 4.86. The van der Waals surface area contributed by atoms with E-state index in [-0.39, 0.29) is 18.1 Å². The number of nitrogens with zero attached hydrogens (tertiary/aromatic N) is 3. The molecule has 0 aromatic carbocycles. The van der Waals surface area contributed by atoms with Gasteiger partial charge in [0.25, 0.3) is 0 Å². The lowest BCUT2D eigenvalue weighted by atomic mass is 10.1. The SMILES string of the molecule is COC(=O)c1cncc(NCC(=O)N2CCCCC2)n1. The summed E-state index contributed by atoms with van der Waals surface area (Å²) in [6, 6.07) is 0. The van der Waals surface area contributed by atoms with Crippen LogP contribution in [0.4, 0.5) is 5.82 Å². The molecule has 7 nitrogen and oxygen atoms in total. The molecule has 1 aliphatic heterocycles. The molecule has 108 valence electrons. The van der Waals surface area contributed by atoms with Crippen molar-refractivity contribution in [2.24, 2.45) is 0 Å². The fraction of sp³-hybridized carbons (Fsp3) is 0.538. The normalized spacial score (nSPS) is 14.8. The van der Waals surface area contributed by atoms with Gasteiger partial charge in [-0.3, -0.25) is 9.78 Å². The van der Waals surface area contributed by atoms with E-state index < -0.39 is 5.97 Å². The van der Waals surface area contributed by atoms with Crippen molar-refractivity contribution in [2.75, 3.05) is 32.1 Å². The van der Waals surface area contributed by atoms with Crippen molar-refractivity contribution >= 4 is 17.7 Å². The zero-order valence-electron chi connectivity index (χ0n) is 11.5. The van der Waals surface area contributed by atoms with E-state index in [4.69, 9.17) is 0 Å². The third-order valence-electron chi connectivity index (χ3n) is 3.16. The van der Waals surface area contributed by atoms with Crippen LogP contribution in [0.3, 0.4) is 0 Å². The second-order valence-corrected chi connectivity index (χ2v) is 4.58. The first-order chi connectivity index (χ1) is 9.70. The molecular formula is C13H18N4O3. The Bertz CT molecular complexity index is 486. The van der Waals surface area contributed by atoms with E-state index >= 15 is 0 Å². The number of methoxy groups -OCH3 is 1. The number of carbonyl (C=O) groups excluding carboxylic acids is 2. The molecule has 0 radical (unpaired) electrons. The van der Waals surface area contributed by atoms with Crippen molar-refractivity contribution in [1.29, 1.82) is 0 Å². The van der Waals surface area contributed by atoms with Gasteiger partial charge in [0.05, 0.1) is 26.0 Å². The standard InChI is InChI=1S/C13H18N4O3/c1-20-13(19)10-7-14-8-11(16-10)15-9-12(18)17-5-3-2-4-6-17/h7-8H,2-6,9H2,1H3,(H,15,16). The van der Waals surface area contributed by atoms with Crippen LogP contribution in [0.15, 0.2) is 12.4 Å². The Labute approximate surface area is 117 Å². The molecule has 0 saturated carbocycles. The summed E-state index contributed by atoms with van der Waals surface area (Å²) in [6.45, 7) is 1.78. The van der Waals surface area contributed by atoms with E-state index in [1.807, 2.05) is 4.90 Å². The Morgan fingerprint density at radius 2 is 2.05 bits per heavy atom. The van der Waals surface area contributed by atoms with Crippen LogP contribution in [0.5, 0.6) is 0 Å². The van der Waals surface area contributed by atoms with Crippen LogP contribution < -0.4 is 5.32 Å². The predicted octanol–water partition coefficient (Wildman–Crippen LogP) is 0.688. The first kappa shape index (κ1) is 14.2. The van der Waals surface area contributed by atoms with Gasteiger partial charge in [0, 0.05) is 13.1 Å². The number of hydrogen-bond donors (Lipinski definition) is 1. The number of hydrogen-bond acceptors (Lipinski definition) is 6. The predicted molar refractivity (Wildman–Crippen MR) is 72.3 cm³/mol. The third-order valence-corrected chi connectivity index (χ3v) is 3.16. The summed E-state index contributed by atoms with van der Waals surface area (Å²) in [5.74, 6) is -0.128. The van der Waals surface area contributed by atoms with Crippen molar-refractivity contribution in [2.45, 2.75) is 19.3 Å². The zero-order chi connectivity index (χ0) is 14.4. The second kappa shape index (κ2) is 6.83. The van der Waals surface area contributed by atoms with Crippen LogP contribution >= 0.6 is 0 Å². The molecule has 7 heteroatoms. The van der Waals surface area contributed by atoms with Gasteiger partial charge < -0.3 is 15.0 Å². The second-order valence-electron chi connectivity index (χ2n) is 4.58. The molecule has 1 aromatic heterocycles. The van der Waals surface area contributed by atoms with E-state index in [9.17, 15) is 9.59 Å². The van der Waals surface area contributed by atoms with E-state index in [0.717, 1.165) is 25.9 Å². The lowest BCUT2D eigenvalue weighted by Gasteiger charge is -2.26. The molecule has 1 saturated heterocycles. The Balaban J connectivity index is 1.90. The minimum Gasteiger partial charge on any atom is -0.464 e. The van der Waals surface area contributed by atoms with Gasteiger partial charge >= 0.3 is 5.97 Å². The largest absolute Gasteiger partial charge is 0.464 e. The quantitative estimate of drug-likeness (QED) is 0.816. The van der Waals surface area contributed by atoms with Crippen molar-refractivity contribution in [3.05, 3.63) is 18.1 Å². The molecular weight excluding hydrogens is 260 g/mol. The molecule has 1 aromatic rings. The summed E-state index contributed by atoms with van der Waals surface area (Å²) in [6.07, 6.45) is 6.09. The Hall–Kier alpha value is -2.18. The summed E-state index contributed by atoms with van der Waals surface area (Å²) in [5, 5.41) is 2.89. The number of nitrogens with one attached hydrogen (secondary N) is 1. The molecule has 0 unspecified atom stereocenters. The van der Waals surface area contributed by atoms with Gasteiger partial charge in [-0.2, -0.15) is 0 Å². The van der Waals surface area contributed by atoms with Crippen molar-refractivity contribution < 1.29 is 14.3 Å². The van der Waals surface area contributed by atoms with Gasteiger partial charge in [0.2, 0.25) is 5.91 Å². The maximum absolute atomic E-state index is 12.0. The average molecular weight is 278 g/mol. The van der Waals surface area contributed by atoms with Crippen LogP contribution in [-0.4, -0.2) is 53.5 Å². The van der Waals surface area contributed by atoms with E-state index in [2.05, 4.69) is 20.0 Å². The fourth-order valence-corrected chi connectivity index (χ4v) is 2.08. The fourth-order valence-electron chi connectivity index (χ4n) is 2.08. The highest BCUT2D eigenvalue weighted by Crippen LogP contribution is 2.09. The highest BCUT2D eigenvalue weighted by molar-refractivity contribution is 5.87. The van der Waals surface area contributed by atoms with Gasteiger partial charge in [0.15, 0.2) is 5.69 Å². The smallest absolute Gasteiger partial charge is 0.358 e. The molecule has 0 spiro atoms. The van der Waals surface area contributed by atoms with E-state index in [1.54, 1.807) is 0 Å². The highest BCUT2D eigenvalue weighted by Gasteiger charge is 2.16. The van der Waals surface area contributed by atoms with E-state index in [1.165, 1.54) is 25.9 Å². The van der Waals surface area contributed by atoms with Gasteiger partial charge in [-0.25, -0.2) is 9.78 Å². The molecule has 2 heterocycles. The number of esters is 1. The van der Waals surface area contributed by atoms with Gasteiger partial charge in [-0.1, -0.05) is 0 Å². The Morgan fingerprint density at radius 1 is 1.30 bits per heavy atom. The molecule has 0 aliphatic carbocycles. The first-order valence-corrected chi connectivity index (χ1v) is 6.62. The molecule has 20 heavy (non-hydrogen) atoms. The molecule has 1 N–H and O–H groups in total. The molecule has 1 aliphatic rings. The molecule has 2 rings (SSSR count). The molecule has 1 fully saturated rings. The molecule has 1 amide bonds. The summed E-state index contributed by atoms with van der Waals surface area (Å²) in [4.78, 5) is 33.1. The van der Waals surface area contributed by atoms with Crippen LogP contribution in [0.2, 0.25) is 0 Å². The number of aromatic nitrogens is 2. The van der Waals surface area contributed by atoms with Crippen LogP contribution in [0.1, 0.15) is 29.8 Å². The Morgan fingerprint density at radius 3 is 2.75 bits per heavy atom. The topological polar surface area (TPSA) is 84.4 Å². The lowest BCUT2D eigenvalue weighted by Crippen LogP contribution is -2.39. The number of amides is 1. The zero-order valence-corrected chi connectivity index (χ0v) is 11.5. The maximum atomic E-state index is 12.0. The highest BCUT2D eigenvalue weighted by atomic mass is 16.5. The van der Waals surface area contributed by atoms with Crippen LogP contribution in [-0.2, 0) is 9.53 Å². The van der Waals surface area contributed by atoms with Crippen molar-refractivity contribution in [3.8, 4) is 0 Å². The first-order valence-electron chi connectivity index (χ1n) is 6.62. The van der Waals surface area contributed by atoms with E-state index in [0.29, 0.717) is 5.82 Å². The van der Waals surface area contributed by atoms with Crippen molar-refractivity contribution in [1.82, 2.24) is 14.9 Å². The molecule has 0 bridgehead atoms. The van der Waals surface area contributed by atoms with Crippen molar-refractivity contribution in [3.63, 3.8) is 0 Å². The number of anilines is 1. The monoisotopic (exact) mass is 278 g/mol. The lowest BCUT2D eigenvalue weighted by molar-refractivity contribution is -0.130. The van der Waals surface area contributed by atoms with Gasteiger partial charge in [0.1, 0.15) is 5.82 Å². The minimum absolute atomic E-state index is 0.0370. The minimum atomic E-state index is -0.552. The number of piperidine rings is 1.